The highest BCUT2D eigenvalue weighted by molar-refractivity contribution is 9.09. The molecule has 0 heterocycles. The molecular formula is C10H21BrO2S. The Morgan fingerprint density at radius 1 is 1.21 bits per heavy atom. The van der Waals surface area contributed by atoms with Crippen molar-refractivity contribution < 1.29 is 8.42 Å². The lowest BCUT2D eigenvalue weighted by Gasteiger charge is -2.21. The minimum atomic E-state index is -2.95. The van der Waals surface area contributed by atoms with Crippen LogP contribution in [0.2, 0.25) is 0 Å². The van der Waals surface area contributed by atoms with Gasteiger partial charge in [0.15, 0.2) is 9.84 Å². The first-order valence-corrected chi connectivity index (χ1v) is 7.51. The molecule has 0 saturated heterocycles. The summed E-state index contributed by atoms with van der Waals surface area (Å²) in [6.45, 7) is 9.38. The first kappa shape index (κ1) is 14.4. The Balaban J connectivity index is 4.29. The highest BCUT2D eigenvalue weighted by atomic mass is 79.9. The number of alkyl halides is 1. The third-order valence-corrected chi connectivity index (χ3v) is 6.10. The molecule has 2 nitrogen and oxygen atoms in total. The van der Waals surface area contributed by atoms with E-state index in [1.165, 1.54) is 0 Å². The largest absolute Gasteiger partial charge is 0.228 e. The van der Waals surface area contributed by atoms with Gasteiger partial charge in [0.2, 0.25) is 0 Å². The van der Waals surface area contributed by atoms with Crippen LogP contribution in [0.4, 0.5) is 0 Å². The predicted octanol–water partition coefficient (Wildman–Crippen LogP) is 3.01. The molecule has 0 saturated carbocycles. The van der Waals surface area contributed by atoms with Crippen molar-refractivity contribution in [2.75, 3.05) is 5.75 Å². The van der Waals surface area contributed by atoms with Crippen molar-refractivity contribution >= 4 is 25.8 Å². The molecule has 0 N–H and O–H groups in total. The molecule has 0 aromatic carbocycles. The van der Waals surface area contributed by atoms with E-state index >= 15 is 0 Å². The van der Waals surface area contributed by atoms with Crippen molar-refractivity contribution in [2.24, 2.45) is 5.92 Å². The number of hydrogen-bond donors (Lipinski definition) is 0. The number of rotatable bonds is 4. The van der Waals surface area contributed by atoms with Crippen LogP contribution in [0.1, 0.15) is 41.0 Å². The number of sulfone groups is 1. The predicted molar refractivity (Wildman–Crippen MR) is 65.7 cm³/mol. The second kappa shape index (κ2) is 4.97. The van der Waals surface area contributed by atoms with Gasteiger partial charge in [0, 0.05) is 4.83 Å². The molecule has 0 rings (SSSR count). The van der Waals surface area contributed by atoms with Gasteiger partial charge in [-0.05, 0) is 33.1 Å². The molecule has 0 spiro atoms. The van der Waals surface area contributed by atoms with Gasteiger partial charge in [0.1, 0.15) is 0 Å². The van der Waals surface area contributed by atoms with Gasteiger partial charge < -0.3 is 0 Å². The minimum Gasteiger partial charge on any atom is -0.228 e. The van der Waals surface area contributed by atoms with Crippen molar-refractivity contribution in [1.29, 1.82) is 0 Å². The average molecular weight is 285 g/mol. The maximum Gasteiger partial charge on any atom is 0.155 e. The third kappa shape index (κ3) is 4.30. The van der Waals surface area contributed by atoms with Gasteiger partial charge in [-0.25, -0.2) is 8.42 Å². The van der Waals surface area contributed by atoms with E-state index in [1.54, 1.807) is 20.8 Å². The fraction of sp³-hybridized carbons (Fsp3) is 1.00. The van der Waals surface area contributed by atoms with E-state index in [2.05, 4.69) is 22.9 Å². The van der Waals surface area contributed by atoms with E-state index in [-0.39, 0.29) is 5.75 Å². The Morgan fingerprint density at radius 3 is 1.93 bits per heavy atom. The van der Waals surface area contributed by atoms with Gasteiger partial charge in [-0.2, -0.15) is 0 Å². The van der Waals surface area contributed by atoms with Crippen LogP contribution in [-0.2, 0) is 9.84 Å². The van der Waals surface area contributed by atoms with Crippen LogP contribution in [0, 0.1) is 5.92 Å². The van der Waals surface area contributed by atoms with Gasteiger partial charge in [-0.3, -0.25) is 0 Å². The molecule has 0 radical (unpaired) electrons. The fourth-order valence-corrected chi connectivity index (χ4v) is 2.44. The zero-order chi connectivity index (χ0) is 11.6. The Morgan fingerprint density at radius 2 is 1.64 bits per heavy atom. The molecule has 0 amide bonds. The van der Waals surface area contributed by atoms with Gasteiger partial charge in [-0.1, -0.05) is 29.8 Å². The summed E-state index contributed by atoms with van der Waals surface area (Å²) in [5, 5.41) is 0. The van der Waals surface area contributed by atoms with Crippen LogP contribution >= 0.6 is 15.9 Å². The summed E-state index contributed by atoms with van der Waals surface area (Å²) in [5.41, 5.74) is 0. The van der Waals surface area contributed by atoms with E-state index < -0.39 is 14.6 Å². The van der Waals surface area contributed by atoms with E-state index in [1.807, 2.05) is 6.92 Å². The van der Waals surface area contributed by atoms with Gasteiger partial charge in [0.25, 0.3) is 0 Å². The summed E-state index contributed by atoms with van der Waals surface area (Å²) >= 11 is 3.46. The Kier molecular flexibility index (Phi) is 5.12. The van der Waals surface area contributed by atoms with Crippen molar-refractivity contribution in [3.8, 4) is 0 Å². The van der Waals surface area contributed by atoms with E-state index in [0.29, 0.717) is 10.7 Å². The Bertz CT molecular complexity index is 262. The summed E-state index contributed by atoms with van der Waals surface area (Å²) in [4.78, 5) is 0.373. The molecule has 0 aromatic rings. The molecule has 2 atom stereocenters. The highest BCUT2D eigenvalue weighted by Gasteiger charge is 2.29. The summed E-state index contributed by atoms with van der Waals surface area (Å²) in [7, 11) is -2.95. The standard InChI is InChI=1S/C10H21BrO2S/c1-8(9(2)11)6-7-14(12,13)10(3,4)5/h8-9H,6-7H2,1-5H3. The van der Waals surface area contributed by atoms with Crippen molar-refractivity contribution in [3.63, 3.8) is 0 Å². The summed E-state index contributed by atoms with van der Waals surface area (Å²) in [5.74, 6) is 0.681. The summed E-state index contributed by atoms with van der Waals surface area (Å²) in [6, 6.07) is 0. The average Bonchev–Trinajstić information content (AvgIpc) is 1.97. The molecule has 0 aromatic heterocycles. The maximum absolute atomic E-state index is 11.8. The zero-order valence-electron chi connectivity index (χ0n) is 9.67. The molecule has 0 fully saturated rings. The molecule has 0 aliphatic carbocycles. The first-order valence-electron chi connectivity index (χ1n) is 4.94. The quantitative estimate of drug-likeness (QED) is 0.744. The minimum absolute atomic E-state index is 0.285. The van der Waals surface area contributed by atoms with Crippen molar-refractivity contribution in [1.82, 2.24) is 0 Å². The molecule has 4 heteroatoms. The molecule has 0 bridgehead atoms. The molecule has 0 aliphatic rings. The van der Waals surface area contributed by atoms with Crippen LogP contribution in [0.15, 0.2) is 0 Å². The maximum atomic E-state index is 11.8. The zero-order valence-corrected chi connectivity index (χ0v) is 12.1. The number of hydrogen-bond acceptors (Lipinski definition) is 2. The van der Waals surface area contributed by atoms with Crippen LogP contribution in [0.3, 0.4) is 0 Å². The molecule has 14 heavy (non-hydrogen) atoms. The first-order chi connectivity index (χ1) is 6.08. The van der Waals surface area contributed by atoms with E-state index in [9.17, 15) is 8.42 Å². The second-order valence-electron chi connectivity index (χ2n) is 4.87. The summed E-state index contributed by atoms with van der Waals surface area (Å²) < 4.78 is 22.9. The van der Waals surface area contributed by atoms with E-state index in [4.69, 9.17) is 0 Å². The number of halogens is 1. The van der Waals surface area contributed by atoms with Crippen molar-refractivity contribution in [2.45, 2.75) is 50.6 Å². The van der Waals surface area contributed by atoms with E-state index in [0.717, 1.165) is 6.42 Å². The molecular weight excluding hydrogens is 264 g/mol. The molecule has 2 unspecified atom stereocenters. The fourth-order valence-electron chi connectivity index (χ4n) is 0.877. The lowest BCUT2D eigenvalue weighted by Crippen LogP contribution is -2.31. The van der Waals surface area contributed by atoms with Crippen LogP contribution in [0.5, 0.6) is 0 Å². The van der Waals surface area contributed by atoms with Gasteiger partial charge >= 0.3 is 0 Å². The highest BCUT2D eigenvalue weighted by Crippen LogP contribution is 2.21. The molecule has 86 valence electrons. The van der Waals surface area contributed by atoms with Crippen LogP contribution < -0.4 is 0 Å². The lowest BCUT2D eigenvalue weighted by atomic mass is 10.1. The SMILES string of the molecule is CC(Br)C(C)CCS(=O)(=O)C(C)(C)C. The van der Waals surface area contributed by atoms with Crippen LogP contribution in [-0.4, -0.2) is 23.7 Å². The van der Waals surface area contributed by atoms with Crippen molar-refractivity contribution in [3.05, 3.63) is 0 Å². The third-order valence-electron chi connectivity index (χ3n) is 2.56. The van der Waals surface area contributed by atoms with Crippen LogP contribution in [0.25, 0.3) is 0 Å². The topological polar surface area (TPSA) is 34.1 Å². The normalized spacial score (nSPS) is 17.9. The Hall–Kier alpha value is 0.430. The smallest absolute Gasteiger partial charge is 0.155 e. The lowest BCUT2D eigenvalue weighted by molar-refractivity contribution is 0.529. The summed E-state index contributed by atoms with van der Waals surface area (Å²) in [6.07, 6.45) is 0.728. The monoisotopic (exact) mass is 284 g/mol. The van der Waals surface area contributed by atoms with Gasteiger partial charge in [0.05, 0.1) is 10.5 Å². The van der Waals surface area contributed by atoms with Gasteiger partial charge in [-0.15, -0.1) is 0 Å². The Labute approximate surface area is 96.5 Å². The second-order valence-corrected chi connectivity index (χ2v) is 9.18. The molecule has 0 aliphatic heterocycles.